The minimum absolute atomic E-state index is 0.323. The number of aliphatic carboxylic acids is 1. The summed E-state index contributed by atoms with van der Waals surface area (Å²) in [5.74, 6) is -0.985. The van der Waals surface area contributed by atoms with E-state index in [0.29, 0.717) is 6.42 Å². The monoisotopic (exact) mass is 180 g/mol. The van der Waals surface area contributed by atoms with Gasteiger partial charge in [0.25, 0.3) is 0 Å². The summed E-state index contributed by atoms with van der Waals surface area (Å²) in [6, 6.07) is 1.04. The smallest absolute Gasteiger partial charge is 0.320 e. The van der Waals surface area contributed by atoms with Gasteiger partial charge in [-0.1, -0.05) is 6.07 Å². The molecule has 0 aliphatic carbocycles. The zero-order valence-electron chi connectivity index (χ0n) is 7.40. The van der Waals surface area contributed by atoms with Crippen molar-refractivity contribution >= 4 is 5.97 Å². The van der Waals surface area contributed by atoms with E-state index in [1.807, 2.05) is 13.0 Å². The van der Waals surface area contributed by atoms with Crippen molar-refractivity contribution < 1.29 is 9.90 Å². The molecule has 0 aliphatic rings. The molecular weight excluding hydrogens is 168 g/mol. The molecule has 70 valence electrons. The second-order valence-corrected chi connectivity index (χ2v) is 3.02. The van der Waals surface area contributed by atoms with Crippen LogP contribution in [0.1, 0.15) is 11.1 Å². The molecule has 0 aromatic carbocycles. The molecule has 1 rings (SSSR count). The van der Waals surface area contributed by atoms with E-state index in [-0.39, 0.29) is 0 Å². The molecule has 4 nitrogen and oxygen atoms in total. The summed E-state index contributed by atoms with van der Waals surface area (Å²) in [4.78, 5) is 14.4. The third-order valence-electron chi connectivity index (χ3n) is 1.70. The van der Waals surface area contributed by atoms with Crippen molar-refractivity contribution in [2.45, 2.75) is 19.4 Å². The number of nitrogens with zero attached hydrogens (tertiary/aromatic N) is 1. The number of rotatable bonds is 3. The molecule has 1 heterocycles. The van der Waals surface area contributed by atoms with Crippen molar-refractivity contribution in [2.75, 3.05) is 0 Å². The third kappa shape index (κ3) is 2.83. The highest BCUT2D eigenvalue weighted by molar-refractivity contribution is 5.73. The predicted molar refractivity (Wildman–Crippen MR) is 48.3 cm³/mol. The number of carboxylic acid groups (broad SMARTS) is 1. The number of pyridine rings is 1. The highest BCUT2D eigenvalue weighted by Crippen LogP contribution is 2.03. The molecule has 0 spiro atoms. The van der Waals surface area contributed by atoms with Gasteiger partial charge in [0.2, 0.25) is 0 Å². The SMILES string of the molecule is Cc1cncc(CC(N)C(=O)O)c1. The van der Waals surface area contributed by atoms with Crippen LogP contribution in [0.25, 0.3) is 0 Å². The summed E-state index contributed by atoms with van der Waals surface area (Å²) in [6.07, 6.45) is 3.68. The van der Waals surface area contributed by atoms with Crippen molar-refractivity contribution in [1.29, 1.82) is 0 Å². The molecule has 1 atom stereocenters. The predicted octanol–water partition coefficient (Wildman–Crippen LogP) is 0.344. The average Bonchev–Trinajstić information content (AvgIpc) is 2.04. The molecule has 0 saturated carbocycles. The highest BCUT2D eigenvalue weighted by atomic mass is 16.4. The first kappa shape index (κ1) is 9.67. The molecule has 0 saturated heterocycles. The maximum Gasteiger partial charge on any atom is 0.320 e. The van der Waals surface area contributed by atoms with Crippen LogP contribution in [-0.4, -0.2) is 22.1 Å². The molecule has 0 radical (unpaired) electrons. The van der Waals surface area contributed by atoms with Crippen LogP contribution < -0.4 is 5.73 Å². The average molecular weight is 180 g/mol. The minimum atomic E-state index is -0.985. The summed E-state index contributed by atoms with van der Waals surface area (Å²) < 4.78 is 0. The maximum atomic E-state index is 10.4. The van der Waals surface area contributed by atoms with Crippen LogP contribution in [0.15, 0.2) is 18.5 Å². The second-order valence-electron chi connectivity index (χ2n) is 3.02. The molecule has 0 bridgehead atoms. The Morgan fingerprint density at radius 1 is 1.69 bits per heavy atom. The van der Waals surface area contributed by atoms with Crippen LogP contribution >= 0.6 is 0 Å². The zero-order chi connectivity index (χ0) is 9.84. The van der Waals surface area contributed by atoms with Crippen molar-refractivity contribution in [3.63, 3.8) is 0 Å². The van der Waals surface area contributed by atoms with Gasteiger partial charge in [0.1, 0.15) is 6.04 Å². The van der Waals surface area contributed by atoms with Gasteiger partial charge < -0.3 is 10.8 Å². The fourth-order valence-corrected chi connectivity index (χ4v) is 1.07. The van der Waals surface area contributed by atoms with Gasteiger partial charge in [0.05, 0.1) is 0 Å². The van der Waals surface area contributed by atoms with E-state index >= 15 is 0 Å². The van der Waals surface area contributed by atoms with E-state index in [1.165, 1.54) is 0 Å². The Balaban J connectivity index is 2.69. The van der Waals surface area contributed by atoms with Crippen LogP contribution in [0.3, 0.4) is 0 Å². The number of hydrogen-bond acceptors (Lipinski definition) is 3. The summed E-state index contributed by atoms with van der Waals surface area (Å²) in [5, 5.41) is 8.57. The van der Waals surface area contributed by atoms with Gasteiger partial charge in [-0.3, -0.25) is 9.78 Å². The van der Waals surface area contributed by atoms with Crippen LogP contribution in [0, 0.1) is 6.92 Å². The lowest BCUT2D eigenvalue weighted by Crippen LogP contribution is -2.32. The largest absolute Gasteiger partial charge is 0.480 e. The summed E-state index contributed by atoms with van der Waals surface area (Å²) in [7, 11) is 0. The van der Waals surface area contributed by atoms with Crippen LogP contribution in [0.5, 0.6) is 0 Å². The van der Waals surface area contributed by atoms with Gasteiger partial charge in [-0.25, -0.2) is 0 Å². The maximum absolute atomic E-state index is 10.4. The van der Waals surface area contributed by atoms with Gasteiger partial charge in [-0.2, -0.15) is 0 Å². The lowest BCUT2D eigenvalue weighted by molar-refractivity contribution is -0.138. The quantitative estimate of drug-likeness (QED) is 0.703. The van der Waals surface area contributed by atoms with Gasteiger partial charge in [0, 0.05) is 12.4 Å². The van der Waals surface area contributed by atoms with E-state index in [1.54, 1.807) is 12.4 Å². The van der Waals surface area contributed by atoms with E-state index in [0.717, 1.165) is 11.1 Å². The van der Waals surface area contributed by atoms with Gasteiger partial charge in [-0.15, -0.1) is 0 Å². The van der Waals surface area contributed by atoms with E-state index < -0.39 is 12.0 Å². The van der Waals surface area contributed by atoms with E-state index in [2.05, 4.69) is 4.98 Å². The lowest BCUT2D eigenvalue weighted by Gasteiger charge is -2.05. The summed E-state index contributed by atoms with van der Waals surface area (Å²) in [6.45, 7) is 1.91. The minimum Gasteiger partial charge on any atom is -0.480 e. The molecule has 4 heteroatoms. The Labute approximate surface area is 76.4 Å². The Kier molecular flexibility index (Phi) is 2.97. The van der Waals surface area contributed by atoms with E-state index in [9.17, 15) is 4.79 Å². The first-order valence-electron chi connectivity index (χ1n) is 3.98. The van der Waals surface area contributed by atoms with Crippen LogP contribution in [0.2, 0.25) is 0 Å². The van der Waals surface area contributed by atoms with Crippen molar-refractivity contribution in [3.05, 3.63) is 29.6 Å². The summed E-state index contributed by atoms with van der Waals surface area (Å²) >= 11 is 0. The van der Waals surface area contributed by atoms with Crippen molar-refractivity contribution in [3.8, 4) is 0 Å². The molecular formula is C9H12N2O2. The second kappa shape index (κ2) is 4.00. The topological polar surface area (TPSA) is 76.2 Å². The first-order valence-corrected chi connectivity index (χ1v) is 3.98. The molecule has 1 aromatic heterocycles. The third-order valence-corrected chi connectivity index (χ3v) is 1.70. The molecule has 13 heavy (non-hydrogen) atoms. The lowest BCUT2D eigenvalue weighted by atomic mass is 10.1. The standard InChI is InChI=1S/C9H12N2O2/c1-6-2-7(5-11-4-6)3-8(10)9(12)13/h2,4-5,8H,3,10H2,1H3,(H,12,13). The number of aryl methyl sites for hydroxylation is 1. The number of aromatic nitrogens is 1. The van der Waals surface area contributed by atoms with Crippen molar-refractivity contribution in [2.24, 2.45) is 5.73 Å². The molecule has 1 aromatic rings. The van der Waals surface area contributed by atoms with Gasteiger partial charge >= 0.3 is 5.97 Å². The fraction of sp³-hybridized carbons (Fsp3) is 0.333. The fourth-order valence-electron chi connectivity index (χ4n) is 1.07. The molecule has 0 fully saturated rings. The number of carboxylic acids is 1. The molecule has 3 N–H and O–H groups in total. The number of carbonyl (C=O) groups is 1. The Morgan fingerprint density at radius 2 is 2.38 bits per heavy atom. The highest BCUT2D eigenvalue weighted by Gasteiger charge is 2.11. The van der Waals surface area contributed by atoms with Gasteiger partial charge in [0.15, 0.2) is 0 Å². The number of nitrogens with two attached hydrogens (primary N) is 1. The Morgan fingerprint density at radius 3 is 2.92 bits per heavy atom. The normalized spacial score (nSPS) is 12.5. The summed E-state index contributed by atoms with van der Waals surface area (Å²) in [5.41, 5.74) is 7.24. The molecule has 0 amide bonds. The van der Waals surface area contributed by atoms with Gasteiger partial charge in [-0.05, 0) is 24.5 Å². The van der Waals surface area contributed by atoms with Crippen LogP contribution in [0.4, 0.5) is 0 Å². The number of hydrogen-bond donors (Lipinski definition) is 2. The molecule has 0 aliphatic heterocycles. The Hall–Kier alpha value is -1.42. The van der Waals surface area contributed by atoms with E-state index in [4.69, 9.17) is 10.8 Å². The van der Waals surface area contributed by atoms with Crippen LogP contribution in [-0.2, 0) is 11.2 Å². The molecule has 1 unspecified atom stereocenters. The zero-order valence-corrected chi connectivity index (χ0v) is 7.40. The van der Waals surface area contributed by atoms with Crippen molar-refractivity contribution in [1.82, 2.24) is 4.98 Å². The Bertz CT molecular complexity index is 312. The first-order chi connectivity index (χ1) is 6.09.